The summed E-state index contributed by atoms with van der Waals surface area (Å²) in [5.41, 5.74) is 0.474. The third kappa shape index (κ3) is 3.22. The van der Waals surface area contributed by atoms with Crippen LogP contribution >= 0.6 is 0 Å². The summed E-state index contributed by atoms with van der Waals surface area (Å²) in [6.45, 7) is 0. The van der Waals surface area contributed by atoms with Crippen LogP contribution in [0.5, 0.6) is 0 Å². The zero-order chi connectivity index (χ0) is 21.7. The van der Waals surface area contributed by atoms with E-state index < -0.39 is 18.2 Å². The van der Waals surface area contributed by atoms with Gasteiger partial charge in [-0.15, -0.1) is 0 Å². The standard InChI is InChI=1S/C26H21O5S/c27-25(30-23-21-15-20-22(29-21)24(23)31-26(20)28)16-11-13-19(14-12-16)32(17-7-3-1-4-8-17)18-9-5-2-6-10-18/h1-14,20-24H,15H2/q+1. The van der Waals surface area contributed by atoms with Crippen LogP contribution in [0.1, 0.15) is 16.8 Å². The number of esters is 2. The average molecular weight is 446 g/mol. The largest absolute Gasteiger partial charge is 0.455 e. The lowest BCUT2D eigenvalue weighted by Crippen LogP contribution is -2.40. The van der Waals surface area contributed by atoms with Crippen molar-refractivity contribution in [2.45, 2.75) is 45.5 Å². The zero-order valence-corrected chi connectivity index (χ0v) is 17.9. The van der Waals surface area contributed by atoms with Crippen molar-refractivity contribution in [3.8, 4) is 0 Å². The van der Waals surface area contributed by atoms with Crippen molar-refractivity contribution in [2.75, 3.05) is 0 Å². The molecule has 0 aromatic heterocycles. The van der Waals surface area contributed by atoms with Gasteiger partial charge in [0.15, 0.2) is 26.9 Å². The third-order valence-electron chi connectivity index (χ3n) is 6.31. The van der Waals surface area contributed by atoms with Crippen molar-refractivity contribution < 1.29 is 23.8 Å². The van der Waals surface area contributed by atoms with Crippen LogP contribution in [0.15, 0.2) is 99.6 Å². The van der Waals surface area contributed by atoms with E-state index in [1.54, 1.807) is 12.1 Å². The average Bonchev–Trinajstić information content (AvgIpc) is 3.46. The van der Waals surface area contributed by atoms with Gasteiger partial charge in [-0.1, -0.05) is 36.4 Å². The minimum absolute atomic E-state index is 0.201. The fourth-order valence-electron chi connectivity index (χ4n) is 4.82. The molecule has 32 heavy (non-hydrogen) atoms. The van der Waals surface area contributed by atoms with Crippen molar-refractivity contribution in [3.05, 3.63) is 90.5 Å². The number of carbonyl (C=O) groups is 2. The Labute approximate surface area is 188 Å². The van der Waals surface area contributed by atoms with Gasteiger partial charge in [0, 0.05) is 0 Å². The molecule has 0 aliphatic carbocycles. The lowest BCUT2D eigenvalue weighted by atomic mass is 9.88. The highest BCUT2D eigenvalue weighted by atomic mass is 32.2. The molecule has 3 fully saturated rings. The summed E-state index contributed by atoms with van der Waals surface area (Å²) >= 11 is 0. The van der Waals surface area contributed by atoms with Gasteiger partial charge in [-0.25, -0.2) is 4.79 Å². The van der Waals surface area contributed by atoms with Crippen molar-refractivity contribution >= 4 is 22.8 Å². The van der Waals surface area contributed by atoms with Crippen molar-refractivity contribution in [3.63, 3.8) is 0 Å². The molecule has 3 aromatic carbocycles. The molecule has 6 rings (SSSR count). The number of ether oxygens (including phenoxy) is 3. The fraction of sp³-hybridized carbons (Fsp3) is 0.231. The molecule has 0 amide bonds. The molecular formula is C26H21O5S+. The topological polar surface area (TPSA) is 61.8 Å². The SMILES string of the molecule is O=C(OC1C2CC3C(=O)OC1C3O2)c1ccc([S+](c2ccccc2)c2ccccc2)cc1. The molecule has 0 saturated carbocycles. The number of fused-ring (bicyclic) bond motifs is 1. The number of carbonyl (C=O) groups excluding carboxylic acids is 2. The molecule has 3 aliphatic heterocycles. The Bertz CT molecular complexity index is 1110. The van der Waals surface area contributed by atoms with E-state index in [0.717, 1.165) is 4.90 Å². The van der Waals surface area contributed by atoms with E-state index in [-0.39, 0.29) is 35.0 Å². The molecule has 0 N–H and O–H groups in total. The van der Waals surface area contributed by atoms with Gasteiger partial charge in [0.25, 0.3) is 0 Å². The van der Waals surface area contributed by atoms with Crippen LogP contribution in [-0.4, -0.2) is 36.4 Å². The van der Waals surface area contributed by atoms with Crippen LogP contribution in [0.25, 0.3) is 0 Å². The molecule has 6 heteroatoms. The predicted octanol–water partition coefficient (Wildman–Crippen LogP) is 4.02. The molecule has 2 bridgehead atoms. The highest BCUT2D eigenvalue weighted by Crippen LogP contribution is 2.47. The molecule has 3 aromatic rings. The third-order valence-corrected chi connectivity index (χ3v) is 8.54. The smallest absolute Gasteiger partial charge is 0.338 e. The highest BCUT2D eigenvalue weighted by Gasteiger charge is 2.65. The van der Waals surface area contributed by atoms with Crippen molar-refractivity contribution in [1.29, 1.82) is 0 Å². The van der Waals surface area contributed by atoms with Crippen LogP contribution < -0.4 is 0 Å². The molecule has 3 saturated heterocycles. The van der Waals surface area contributed by atoms with Gasteiger partial charge in [0.05, 0.1) is 28.5 Å². The summed E-state index contributed by atoms with van der Waals surface area (Å²) in [5, 5.41) is 0. The first-order valence-electron chi connectivity index (χ1n) is 10.7. The summed E-state index contributed by atoms with van der Waals surface area (Å²) in [6.07, 6.45) is -0.971. The molecule has 5 unspecified atom stereocenters. The van der Waals surface area contributed by atoms with Crippen LogP contribution in [-0.2, 0) is 29.9 Å². The lowest BCUT2D eigenvalue weighted by molar-refractivity contribution is -0.145. The molecule has 3 aliphatic rings. The van der Waals surface area contributed by atoms with Gasteiger partial charge in [-0.3, -0.25) is 4.79 Å². The second kappa shape index (κ2) is 7.80. The Kier molecular flexibility index (Phi) is 4.77. The number of hydrogen-bond acceptors (Lipinski definition) is 5. The highest BCUT2D eigenvalue weighted by molar-refractivity contribution is 7.97. The molecule has 5 nitrogen and oxygen atoms in total. The van der Waals surface area contributed by atoms with E-state index in [9.17, 15) is 9.59 Å². The molecule has 0 spiro atoms. The maximum absolute atomic E-state index is 12.8. The second-order valence-electron chi connectivity index (χ2n) is 8.21. The first kappa shape index (κ1) is 19.6. The molecule has 160 valence electrons. The number of benzene rings is 3. The molecule has 5 atom stereocenters. The molecular weight excluding hydrogens is 424 g/mol. The Hall–Kier alpha value is -3.09. The van der Waals surface area contributed by atoms with E-state index in [2.05, 4.69) is 24.3 Å². The maximum Gasteiger partial charge on any atom is 0.338 e. The van der Waals surface area contributed by atoms with Crippen molar-refractivity contribution in [2.24, 2.45) is 5.92 Å². The summed E-state index contributed by atoms with van der Waals surface area (Å²) in [6, 6.07) is 28.3. The van der Waals surface area contributed by atoms with Gasteiger partial charge in [0.1, 0.15) is 6.10 Å². The first-order chi connectivity index (χ1) is 15.7. The number of rotatable bonds is 5. The zero-order valence-electron chi connectivity index (χ0n) is 17.1. The van der Waals surface area contributed by atoms with Gasteiger partial charge < -0.3 is 14.2 Å². The molecule has 0 radical (unpaired) electrons. The second-order valence-corrected chi connectivity index (χ2v) is 10.2. The predicted molar refractivity (Wildman–Crippen MR) is 117 cm³/mol. The van der Waals surface area contributed by atoms with E-state index >= 15 is 0 Å². The van der Waals surface area contributed by atoms with Gasteiger partial charge in [0.2, 0.25) is 0 Å². The Morgan fingerprint density at radius 3 is 2.03 bits per heavy atom. The van der Waals surface area contributed by atoms with Crippen molar-refractivity contribution in [1.82, 2.24) is 0 Å². The summed E-state index contributed by atoms with van der Waals surface area (Å²) in [5.74, 6) is -0.858. The Morgan fingerprint density at radius 1 is 0.812 bits per heavy atom. The van der Waals surface area contributed by atoms with Crippen LogP contribution in [0.3, 0.4) is 0 Å². The summed E-state index contributed by atoms with van der Waals surface area (Å²) < 4.78 is 16.9. The monoisotopic (exact) mass is 445 g/mol. The van der Waals surface area contributed by atoms with Crippen LogP contribution in [0.4, 0.5) is 0 Å². The van der Waals surface area contributed by atoms with Gasteiger partial charge in [-0.05, 0) is 55.0 Å². The summed E-state index contributed by atoms with van der Waals surface area (Å²) in [7, 11) is -0.277. The summed E-state index contributed by atoms with van der Waals surface area (Å²) in [4.78, 5) is 28.3. The van der Waals surface area contributed by atoms with Gasteiger partial charge in [-0.2, -0.15) is 0 Å². The van der Waals surface area contributed by atoms with E-state index in [1.165, 1.54) is 9.79 Å². The van der Waals surface area contributed by atoms with Crippen LogP contribution in [0.2, 0.25) is 0 Å². The fourth-order valence-corrected chi connectivity index (χ4v) is 6.91. The minimum Gasteiger partial charge on any atom is -0.455 e. The first-order valence-corrected chi connectivity index (χ1v) is 11.9. The Morgan fingerprint density at radius 2 is 1.41 bits per heavy atom. The quantitative estimate of drug-likeness (QED) is 0.439. The minimum atomic E-state index is -0.530. The Balaban J connectivity index is 1.23. The lowest BCUT2D eigenvalue weighted by Gasteiger charge is -2.22. The van der Waals surface area contributed by atoms with Gasteiger partial charge >= 0.3 is 11.9 Å². The normalized spacial score (nSPS) is 27.5. The van der Waals surface area contributed by atoms with Crippen LogP contribution in [0, 0.1) is 5.92 Å². The maximum atomic E-state index is 12.8. The number of hydrogen-bond donors (Lipinski definition) is 0. The van der Waals surface area contributed by atoms with E-state index in [1.807, 2.05) is 48.5 Å². The van der Waals surface area contributed by atoms with E-state index in [0.29, 0.717) is 12.0 Å². The van der Waals surface area contributed by atoms with E-state index in [4.69, 9.17) is 14.2 Å². The molecule has 3 heterocycles.